The third-order valence-corrected chi connectivity index (χ3v) is 5.09. The topological polar surface area (TPSA) is 90.5 Å². The van der Waals surface area contributed by atoms with E-state index in [1.165, 1.54) is 18.3 Å². The lowest BCUT2D eigenvalue weighted by Crippen LogP contribution is -2.20. The summed E-state index contributed by atoms with van der Waals surface area (Å²) >= 11 is 1.39. The van der Waals surface area contributed by atoms with Gasteiger partial charge in [-0.2, -0.15) is 10.1 Å². The van der Waals surface area contributed by atoms with Crippen LogP contribution in [0.1, 0.15) is 31.3 Å². The minimum atomic E-state index is -0.383. The average Bonchev–Trinajstić information content (AvgIpc) is 3.26. The lowest BCUT2D eigenvalue weighted by atomic mass is 10.3. The van der Waals surface area contributed by atoms with Crippen LogP contribution in [0.3, 0.4) is 0 Å². The maximum atomic E-state index is 12.6. The molecule has 2 heterocycles. The first-order valence-electron chi connectivity index (χ1n) is 9.13. The molecule has 0 radical (unpaired) electrons. The third-order valence-electron chi connectivity index (χ3n) is 4.05. The largest absolute Gasteiger partial charge is 0.380 e. The number of carbonyl (C=O) groups is 2. The van der Waals surface area contributed by atoms with E-state index in [1.807, 2.05) is 36.6 Å². The van der Waals surface area contributed by atoms with Crippen molar-refractivity contribution >= 4 is 39.1 Å². The molecule has 0 spiro atoms. The summed E-state index contributed by atoms with van der Waals surface area (Å²) in [7, 11) is 0. The maximum Gasteiger partial charge on any atom is 0.300 e. The normalized spacial score (nSPS) is 11.9. The summed E-state index contributed by atoms with van der Waals surface area (Å²) in [4.78, 5) is 28.8. The number of nitrogens with one attached hydrogen (secondary N) is 1. The van der Waals surface area contributed by atoms with E-state index < -0.39 is 0 Å². The van der Waals surface area contributed by atoms with Gasteiger partial charge in [-0.1, -0.05) is 11.3 Å². The molecule has 0 fully saturated rings. The zero-order valence-corrected chi connectivity index (χ0v) is 17.0. The summed E-state index contributed by atoms with van der Waals surface area (Å²) in [5.41, 5.74) is 1.96. The van der Waals surface area contributed by atoms with E-state index in [-0.39, 0.29) is 11.8 Å². The molecule has 2 aromatic heterocycles. The van der Waals surface area contributed by atoms with Crippen LogP contribution in [0.4, 0.5) is 5.69 Å². The number of thiazole rings is 1. The van der Waals surface area contributed by atoms with Gasteiger partial charge in [-0.3, -0.25) is 14.3 Å². The van der Waals surface area contributed by atoms with Gasteiger partial charge in [0.25, 0.3) is 5.91 Å². The molecule has 0 bridgehead atoms. The Labute approximate surface area is 166 Å². The van der Waals surface area contributed by atoms with Crippen LogP contribution in [0, 0.1) is 0 Å². The van der Waals surface area contributed by atoms with Crippen LogP contribution in [-0.4, -0.2) is 39.4 Å². The Bertz CT molecular complexity index is 1060. The highest BCUT2D eigenvalue weighted by Gasteiger charge is 2.12. The molecule has 1 N–H and O–H groups in total. The number of hydrogen-bond donors (Lipinski definition) is 1. The van der Waals surface area contributed by atoms with Crippen LogP contribution >= 0.6 is 11.3 Å². The van der Waals surface area contributed by atoms with Crippen molar-refractivity contribution < 1.29 is 14.3 Å². The summed E-state index contributed by atoms with van der Waals surface area (Å²) in [6.45, 7) is 7.76. The van der Waals surface area contributed by atoms with E-state index in [0.29, 0.717) is 42.5 Å². The van der Waals surface area contributed by atoms with Crippen LogP contribution in [0.2, 0.25) is 0 Å². The molecule has 0 aliphatic heterocycles. The Kier molecular flexibility index (Phi) is 6.37. The van der Waals surface area contributed by atoms with Crippen molar-refractivity contribution in [2.75, 3.05) is 18.5 Å². The average molecular weight is 401 g/mol. The summed E-state index contributed by atoms with van der Waals surface area (Å²) in [5.74, 6) is -0.516. The van der Waals surface area contributed by atoms with Crippen molar-refractivity contribution in [3.8, 4) is 0 Å². The first-order valence-corrected chi connectivity index (χ1v) is 9.94. The zero-order valence-electron chi connectivity index (χ0n) is 16.1. The van der Waals surface area contributed by atoms with Gasteiger partial charge < -0.3 is 14.6 Å². The van der Waals surface area contributed by atoms with E-state index in [1.54, 1.807) is 16.9 Å². The Morgan fingerprint density at radius 1 is 1.29 bits per heavy atom. The van der Waals surface area contributed by atoms with Gasteiger partial charge >= 0.3 is 0 Å². The van der Waals surface area contributed by atoms with Crippen LogP contribution in [0.5, 0.6) is 0 Å². The highest BCUT2D eigenvalue weighted by atomic mass is 32.1. The Morgan fingerprint density at radius 2 is 2.11 bits per heavy atom. The first-order chi connectivity index (χ1) is 13.5. The van der Waals surface area contributed by atoms with Gasteiger partial charge in [0.15, 0.2) is 10.5 Å². The number of fused-ring (bicyclic) bond motifs is 1. The fraction of sp³-hybridized carbons (Fsp3) is 0.368. The summed E-state index contributed by atoms with van der Waals surface area (Å²) in [6, 6.07) is 7.30. The minimum absolute atomic E-state index is 0.133. The second kappa shape index (κ2) is 8.94. The highest BCUT2D eigenvalue weighted by Crippen LogP contribution is 2.22. The number of benzene rings is 1. The number of carbonyl (C=O) groups excluding carboxylic acids is 2. The Hall–Kier alpha value is -2.78. The number of aromatic nitrogens is 3. The molecular weight excluding hydrogens is 378 g/mol. The van der Waals surface area contributed by atoms with E-state index in [0.717, 1.165) is 10.2 Å². The Balaban J connectivity index is 2.03. The molecule has 148 valence electrons. The predicted octanol–water partition coefficient (Wildman–Crippen LogP) is 2.66. The van der Waals surface area contributed by atoms with Gasteiger partial charge in [-0.15, -0.1) is 0 Å². The molecular formula is C19H23N5O3S. The summed E-state index contributed by atoms with van der Waals surface area (Å²) < 4.78 is 10.1. The lowest BCUT2D eigenvalue weighted by molar-refractivity contribution is -0.114. The number of ether oxygens (including phenoxy) is 1. The van der Waals surface area contributed by atoms with Crippen LogP contribution < -0.4 is 10.1 Å². The van der Waals surface area contributed by atoms with Crippen molar-refractivity contribution in [2.45, 2.75) is 33.9 Å². The molecule has 0 atom stereocenters. The van der Waals surface area contributed by atoms with Gasteiger partial charge in [0.2, 0.25) is 5.91 Å². The SMILES string of the molecule is CCOCCn1c(=NC(=O)c2ccn(CC)n2)sc2cc(NC(C)=O)ccc21. The molecule has 0 saturated carbocycles. The molecule has 2 amide bonds. The predicted molar refractivity (Wildman–Crippen MR) is 108 cm³/mol. The molecule has 0 aliphatic carbocycles. The van der Waals surface area contributed by atoms with E-state index in [4.69, 9.17) is 4.74 Å². The Morgan fingerprint density at radius 3 is 2.79 bits per heavy atom. The third kappa shape index (κ3) is 4.55. The fourth-order valence-electron chi connectivity index (χ4n) is 2.75. The van der Waals surface area contributed by atoms with E-state index in [2.05, 4.69) is 15.4 Å². The summed E-state index contributed by atoms with van der Waals surface area (Å²) in [6.07, 6.45) is 1.76. The van der Waals surface area contributed by atoms with Gasteiger partial charge in [-0.05, 0) is 38.1 Å². The number of nitrogens with zero attached hydrogens (tertiary/aromatic N) is 4. The second-order valence-corrected chi connectivity index (χ2v) is 7.08. The van der Waals surface area contributed by atoms with Gasteiger partial charge in [0.1, 0.15) is 0 Å². The van der Waals surface area contributed by atoms with Gasteiger partial charge in [0.05, 0.1) is 16.8 Å². The smallest absolute Gasteiger partial charge is 0.300 e. The molecule has 8 nitrogen and oxygen atoms in total. The molecule has 9 heteroatoms. The molecule has 1 aromatic carbocycles. The number of amides is 2. The van der Waals surface area contributed by atoms with Crippen molar-refractivity contribution in [2.24, 2.45) is 4.99 Å². The molecule has 0 saturated heterocycles. The van der Waals surface area contributed by atoms with Crippen molar-refractivity contribution in [3.05, 3.63) is 41.0 Å². The van der Waals surface area contributed by atoms with Crippen LogP contribution in [-0.2, 0) is 22.6 Å². The maximum absolute atomic E-state index is 12.6. The van der Waals surface area contributed by atoms with Gasteiger partial charge in [-0.25, -0.2) is 0 Å². The minimum Gasteiger partial charge on any atom is -0.380 e. The molecule has 0 unspecified atom stereocenters. The fourth-order valence-corrected chi connectivity index (χ4v) is 3.85. The number of rotatable bonds is 7. The zero-order chi connectivity index (χ0) is 20.1. The first kappa shape index (κ1) is 20.0. The lowest BCUT2D eigenvalue weighted by Gasteiger charge is -2.06. The van der Waals surface area contributed by atoms with E-state index >= 15 is 0 Å². The quantitative estimate of drug-likeness (QED) is 0.616. The number of anilines is 1. The van der Waals surface area contributed by atoms with Crippen LogP contribution in [0.25, 0.3) is 10.2 Å². The monoisotopic (exact) mass is 401 g/mol. The van der Waals surface area contributed by atoms with Crippen LogP contribution in [0.15, 0.2) is 35.5 Å². The van der Waals surface area contributed by atoms with Crippen molar-refractivity contribution in [3.63, 3.8) is 0 Å². The molecule has 0 aliphatic rings. The standard InChI is InChI=1S/C19H23N5O3S/c1-4-23-9-8-15(22-23)18(26)21-19-24(10-11-27-5-2)16-7-6-14(20-13(3)25)12-17(16)28-19/h6-9,12H,4-5,10-11H2,1-3H3,(H,20,25). The molecule has 3 aromatic rings. The van der Waals surface area contributed by atoms with Crippen molar-refractivity contribution in [1.29, 1.82) is 0 Å². The van der Waals surface area contributed by atoms with Gasteiger partial charge in [0, 0.05) is 38.5 Å². The highest BCUT2D eigenvalue weighted by molar-refractivity contribution is 7.16. The summed E-state index contributed by atoms with van der Waals surface area (Å²) in [5, 5.41) is 7.00. The number of hydrogen-bond acceptors (Lipinski definition) is 5. The molecule has 3 rings (SSSR count). The van der Waals surface area contributed by atoms with E-state index in [9.17, 15) is 9.59 Å². The second-order valence-electron chi connectivity index (χ2n) is 6.07. The molecule has 28 heavy (non-hydrogen) atoms. The van der Waals surface area contributed by atoms with Crippen molar-refractivity contribution in [1.82, 2.24) is 14.3 Å². The number of aryl methyl sites for hydroxylation is 1.